The highest BCUT2D eigenvalue weighted by Gasteiger charge is 2.28. The van der Waals surface area contributed by atoms with Crippen molar-refractivity contribution in [2.24, 2.45) is 7.05 Å². The van der Waals surface area contributed by atoms with Crippen molar-refractivity contribution < 1.29 is 4.79 Å². The second-order valence-electron chi connectivity index (χ2n) is 5.61. The molecular formula is C17H15N5OS. The average Bonchev–Trinajstić information content (AvgIpc) is 3.21. The highest BCUT2D eigenvalue weighted by molar-refractivity contribution is 8.01. The van der Waals surface area contributed by atoms with Gasteiger partial charge in [0.2, 0.25) is 5.91 Å². The minimum Gasteiger partial charge on any atom is -0.325 e. The molecule has 7 heteroatoms. The zero-order valence-electron chi connectivity index (χ0n) is 13.0. The first-order chi connectivity index (χ1) is 11.7. The first-order valence-electron chi connectivity index (χ1n) is 7.59. The Labute approximate surface area is 143 Å². The number of hydrogen-bond donors (Lipinski definition) is 1. The number of hydrogen-bond acceptors (Lipinski definition) is 5. The van der Waals surface area contributed by atoms with E-state index < -0.39 is 0 Å². The smallest absolute Gasteiger partial charge is 0.238 e. The van der Waals surface area contributed by atoms with Gasteiger partial charge in [-0.15, -0.1) is 16.9 Å². The Morgan fingerprint density at radius 3 is 2.92 bits per heavy atom. The van der Waals surface area contributed by atoms with Gasteiger partial charge in [-0.3, -0.25) is 4.79 Å². The van der Waals surface area contributed by atoms with Gasteiger partial charge in [-0.1, -0.05) is 30.3 Å². The molecular weight excluding hydrogens is 322 g/mol. The van der Waals surface area contributed by atoms with E-state index in [0.717, 1.165) is 17.7 Å². The van der Waals surface area contributed by atoms with Crippen molar-refractivity contribution >= 4 is 23.4 Å². The molecule has 0 fully saturated rings. The number of nitrogens with zero attached hydrogens (tertiary/aromatic N) is 4. The number of thioether (sulfide) groups is 1. The fourth-order valence-corrected chi connectivity index (χ4v) is 3.96. The summed E-state index contributed by atoms with van der Waals surface area (Å²) in [5, 5.41) is 14.4. The number of anilines is 1. The summed E-state index contributed by atoms with van der Waals surface area (Å²) in [5.41, 5.74) is 2.85. The van der Waals surface area contributed by atoms with Crippen LogP contribution >= 0.6 is 11.8 Å². The Morgan fingerprint density at radius 1 is 1.25 bits per heavy atom. The number of carbonyl (C=O) groups excluding carboxylic acids is 1. The van der Waals surface area contributed by atoms with Crippen LogP contribution in [0, 0.1) is 0 Å². The fraction of sp³-hybridized carbons (Fsp3) is 0.176. The first-order valence-corrected chi connectivity index (χ1v) is 8.47. The van der Waals surface area contributed by atoms with Crippen LogP contribution in [0.1, 0.15) is 5.56 Å². The molecule has 0 bridgehead atoms. The lowest BCUT2D eigenvalue weighted by Crippen LogP contribution is -2.24. The van der Waals surface area contributed by atoms with Crippen molar-refractivity contribution in [3.8, 4) is 11.4 Å². The molecule has 24 heavy (non-hydrogen) atoms. The third kappa shape index (κ3) is 2.78. The van der Waals surface area contributed by atoms with Gasteiger partial charge in [0.15, 0.2) is 5.82 Å². The van der Waals surface area contributed by atoms with Crippen LogP contribution in [0.2, 0.25) is 0 Å². The van der Waals surface area contributed by atoms with E-state index in [2.05, 4.69) is 33.0 Å². The van der Waals surface area contributed by atoms with Crippen molar-refractivity contribution in [1.29, 1.82) is 0 Å². The van der Waals surface area contributed by atoms with Gasteiger partial charge in [-0.2, -0.15) is 0 Å². The number of aryl methyl sites for hydroxylation is 1. The lowest BCUT2D eigenvalue weighted by molar-refractivity contribution is -0.115. The Kier molecular flexibility index (Phi) is 3.78. The molecule has 1 atom stereocenters. The van der Waals surface area contributed by atoms with Crippen molar-refractivity contribution in [3.05, 3.63) is 54.1 Å². The molecule has 4 rings (SSSR count). The second kappa shape index (κ2) is 6.09. The van der Waals surface area contributed by atoms with E-state index in [1.54, 1.807) is 23.5 Å². The van der Waals surface area contributed by atoms with Crippen LogP contribution < -0.4 is 5.32 Å². The zero-order valence-corrected chi connectivity index (χ0v) is 13.8. The molecule has 0 radical (unpaired) electrons. The van der Waals surface area contributed by atoms with Gasteiger partial charge < -0.3 is 5.32 Å². The maximum atomic E-state index is 12.6. The van der Waals surface area contributed by atoms with Gasteiger partial charge in [-0.05, 0) is 40.6 Å². The summed E-state index contributed by atoms with van der Waals surface area (Å²) < 4.78 is 1.60. The van der Waals surface area contributed by atoms with Crippen molar-refractivity contribution in [3.63, 3.8) is 0 Å². The van der Waals surface area contributed by atoms with Crippen molar-refractivity contribution in [2.75, 3.05) is 5.32 Å². The predicted octanol–water partition coefficient (Wildman–Crippen LogP) is 2.53. The van der Waals surface area contributed by atoms with Crippen LogP contribution in [0.5, 0.6) is 0 Å². The minimum absolute atomic E-state index is 0.0180. The highest BCUT2D eigenvalue weighted by Crippen LogP contribution is 2.37. The van der Waals surface area contributed by atoms with E-state index in [1.165, 1.54) is 10.5 Å². The number of amides is 1. The summed E-state index contributed by atoms with van der Waals surface area (Å²) in [6, 6.07) is 15.7. The topological polar surface area (TPSA) is 72.7 Å². The summed E-state index contributed by atoms with van der Waals surface area (Å²) in [5.74, 6) is 0.679. The van der Waals surface area contributed by atoms with Gasteiger partial charge in [0.1, 0.15) is 0 Å². The number of rotatable bonds is 3. The van der Waals surface area contributed by atoms with Gasteiger partial charge in [0, 0.05) is 23.2 Å². The Morgan fingerprint density at radius 2 is 2.12 bits per heavy atom. The molecule has 1 aliphatic heterocycles. The maximum absolute atomic E-state index is 12.6. The molecule has 1 aliphatic rings. The van der Waals surface area contributed by atoms with Crippen molar-refractivity contribution in [2.45, 2.75) is 16.6 Å². The number of fused-ring (bicyclic) bond motifs is 1. The molecule has 0 unspecified atom stereocenters. The largest absolute Gasteiger partial charge is 0.325 e. The third-order valence-electron chi connectivity index (χ3n) is 3.95. The predicted molar refractivity (Wildman–Crippen MR) is 92.7 cm³/mol. The zero-order chi connectivity index (χ0) is 16.5. The normalized spacial score (nSPS) is 16.0. The molecule has 2 heterocycles. The molecule has 1 N–H and O–H groups in total. The number of carbonyl (C=O) groups is 1. The minimum atomic E-state index is -0.0949. The van der Waals surface area contributed by atoms with E-state index in [-0.39, 0.29) is 11.2 Å². The van der Waals surface area contributed by atoms with Crippen LogP contribution in [0.4, 0.5) is 5.69 Å². The number of aromatic nitrogens is 4. The van der Waals surface area contributed by atoms with Crippen LogP contribution in [0.25, 0.3) is 11.4 Å². The average molecular weight is 337 g/mol. The number of benzene rings is 2. The molecule has 2 aromatic carbocycles. The van der Waals surface area contributed by atoms with Gasteiger partial charge in [0.05, 0.1) is 5.25 Å². The van der Waals surface area contributed by atoms with Gasteiger partial charge in [-0.25, -0.2) is 4.68 Å². The summed E-state index contributed by atoms with van der Waals surface area (Å²) in [6.45, 7) is 0. The maximum Gasteiger partial charge on any atom is 0.238 e. The SMILES string of the molecule is Cn1nnnc1-c1cccc(NC(=O)[C@H]2Cc3ccccc3S2)c1. The Hall–Kier alpha value is -2.67. The van der Waals surface area contributed by atoms with E-state index in [1.807, 2.05) is 36.4 Å². The quantitative estimate of drug-likeness (QED) is 0.795. The lowest BCUT2D eigenvalue weighted by Gasteiger charge is -2.11. The lowest BCUT2D eigenvalue weighted by atomic mass is 10.1. The molecule has 120 valence electrons. The second-order valence-corrected chi connectivity index (χ2v) is 6.86. The molecule has 0 spiro atoms. The summed E-state index contributed by atoms with van der Waals surface area (Å²) >= 11 is 1.62. The standard InChI is InChI=1S/C17H15N5OS/c1-22-16(19-20-21-22)12-6-4-7-13(9-12)18-17(23)15-10-11-5-2-3-8-14(11)24-15/h2-9,15H,10H2,1H3,(H,18,23)/t15-/m1/s1. The van der Waals surface area contributed by atoms with Crippen LogP contribution in [-0.2, 0) is 18.3 Å². The van der Waals surface area contributed by atoms with Crippen LogP contribution in [0.15, 0.2) is 53.4 Å². The van der Waals surface area contributed by atoms with Gasteiger partial charge in [0.25, 0.3) is 0 Å². The molecule has 1 amide bonds. The fourth-order valence-electron chi connectivity index (χ4n) is 2.76. The van der Waals surface area contributed by atoms with E-state index in [9.17, 15) is 4.79 Å². The monoisotopic (exact) mass is 337 g/mol. The molecule has 0 aliphatic carbocycles. The molecule has 0 saturated carbocycles. The molecule has 3 aromatic rings. The third-order valence-corrected chi connectivity index (χ3v) is 5.27. The van der Waals surface area contributed by atoms with Crippen LogP contribution in [-0.4, -0.2) is 31.4 Å². The molecule has 0 saturated heterocycles. The number of tetrazole rings is 1. The number of nitrogens with one attached hydrogen (secondary N) is 1. The van der Waals surface area contributed by atoms with E-state index in [4.69, 9.17) is 0 Å². The summed E-state index contributed by atoms with van der Waals surface area (Å²) in [6.07, 6.45) is 0.763. The Bertz CT molecular complexity index is 882. The van der Waals surface area contributed by atoms with Gasteiger partial charge >= 0.3 is 0 Å². The highest BCUT2D eigenvalue weighted by atomic mass is 32.2. The van der Waals surface area contributed by atoms with E-state index in [0.29, 0.717) is 5.82 Å². The molecule has 6 nitrogen and oxygen atoms in total. The molecule has 1 aromatic heterocycles. The van der Waals surface area contributed by atoms with Crippen LogP contribution in [0.3, 0.4) is 0 Å². The Balaban J connectivity index is 1.50. The summed E-state index contributed by atoms with van der Waals surface area (Å²) in [7, 11) is 1.78. The van der Waals surface area contributed by atoms with E-state index >= 15 is 0 Å². The van der Waals surface area contributed by atoms with Crippen molar-refractivity contribution in [1.82, 2.24) is 20.2 Å². The summed E-state index contributed by atoms with van der Waals surface area (Å²) in [4.78, 5) is 13.8. The first kappa shape index (κ1) is 14.9.